The Morgan fingerprint density at radius 1 is 1.29 bits per heavy atom. The highest BCUT2D eigenvalue weighted by Crippen LogP contribution is 2.32. The SMILES string of the molecule is CC1(C)N=C(c2cccc[n+]2[O-])c2cc(C#N)ccc2O1. The molecule has 0 N–H and O–H groups in total. The van der Waals surface area contributed by atoms with Crippen LogP contribution in [0.4, 0.5) is 0 Å². The van der Waals surface area contributed by atoms with Gasteiger partial charge in [-0.25, -0.2) is 4.99 Å². The fourth-order valence-corrected chi connectivity index (χ4v) is 2.30. The normalized spacial score (nSPS) is 15.4. The summed E-state index contributed by atoms with van der Waals surface area (Å²) in [6, 6.07) is 12.4. The molecule has 0 fully saturated rings. The first-order chi connectivity index (χ1) is 10.00. The first kappa shape index (κ1) is 13.1. The molecule has 0 atom stereocenters. The van der Waals surface area contributed by atoms with E-state index in [1.54, 1.807) is 36.4 Å². The van der Waals surface area contributed by atoms with Crippen LogP contribution in [0, 0.1) is 16.5 Å². The molecule has 0 unspecified atom stereocenters. The second-order valence-electron chi connectivity index (χ2n) is 5.24. The van der Waals surface area contributed by atoms with Crippen molar-refractivity contribution in [3.8, 4) is 11.8 Å². The van der Waals surface area contributed by atoms with Gasteiger partial charge in [-0.3, -0.25) is 0 Å². The summed E-state index contributed by atoms with van der Waals surface area (Å²) in [6.45, 7) is 3.65. The molecule has 0 bridgehead atoms. The van der Waals surface area contributed by atoms with E-state index >= 15 is 0 Å². The standard InChI is InChI=1S/C16H13N3O2/c1-16(2)18-15(13-5-3-4-8-19(13)20)12-9-11(10-17)6-7-14(12)21-16/h3-9H,1-2H3. The Labute approximate surface area is 122 Å². The largest absolute Gasteiger partial charge is 0.618 e. The summed E-state index contributed by atoms with van der Waals surface area (Å²) >= 11 is 0. The molecule has 104 valence electrons. The van der Waals surface area contributed by atoms with Crippen LogP contribution in [0.1, 0.15) is 30.7 Å². The van der Waals surface area contributed by atoms with Crippen LogP contribution < -0.4 is 9.47 Å². The molecule has 3 rings (SSSR count). The minimum absolute atomic E-state index is 0.435. The Balaban J connectivity index is 2.26. The zero-order chi connectivity index (χ0) is 15.0. The lowest BCUT2D eigenvalue weighted by Crippen LogP contribution is -2.39. The van der Waals surface area contributed by atoms with E-state index in [-0.39, 0.29) is 0 Å². The van der Waals surface area contributed by atoms with Gasteiger partial charge in [0.2, 0.25) is 5.69 Å². The van der Waals surface area contributed by atoms with E-state index in [1.807, 2.05) is 13.8 Å². The molecule has 5 heteroatoms. The third-order valence-corrected chi connectivity index (χ3v) is 3.17. The molecule has 5 nitrogen and oxygen atoms in total. The highest BCUT2D eigenvalue weighted by Gasteiger charge is 2.31. The highest BCUT2D eigenvalue weighted by atomic mass is 16.5. The minimum atomic E-state index is -0.765. The monoisotopic (exact) mass is 279 g/mol. The predicted octanol–water partition coefficient (Wildman–Crippen LogP) is 2.16. The van der Waals surface area contributed by atoms with Crippen molar-refractivity contribution in [1.82, 2.24) is 0 Å². The molecule has 0 amide bonds. The van der Waals surface area contributed by atoms with Gasteiger partial charge in [-0.15, -0.1) is 0 Å². The van der Waals surface area contributed by atoms with Crippen molar-refractivity contribution < 1.29 is 9.47 Å². The molecule has 1 aromatic carbocycles. The van der Waals surface area contributed by atoms with Gasteiger partial charge in [0.05, 0.1) is 17.2 Å². The van der Waals surface area contributed by atoms with Crippen molar-refractivity contribution in [3.05, 3.63) is 64.6 Å². The van der Waals surface area contributed by atoms with Crippen LogP contribution >= 0.6 is 0 Å². The van der Waals surface area contributed by atoms with Gasteiger partial charge in [0, 0.05) is 12.1 Å². The summed E-state index contributed by atoms with van der Waals surface area (Å²) in [7, 11) is 0. The number of pyridine rings is 1. The van der Waals surface area contributed by atoms with Crippen molar-refractivity contribution >= 4 is 5.71 Å². The first-order valence-corrected chi connectivity index (χ1v) is 6.52. The average molecular weight is 279 g/mol. The molecular weight excluding hydrogens is 266 g/mol. The van der Waals surface area contributed by atoms with Gasteiger partial charge in [0.15, 0.2) is 11.9 Å². The molecule has 21 heavy (non-hydrogen) atoms. The maximum atomic E-state index is 12.0. The molecule has 1 aliphatic heterocycles. The molecule has 2 heterocycles. The number of nitriles is 1. The number of benzene rings is 1. The number of nitrogens with zero attached hydrogens (tertiary/aromatic N) is 3. The maximum Gasteiger partial charge on any atom is 0.242 e. The molecule has 1 aromatic heterocycles. The number of aliphatic imine (C=N–C) groups is 1. The van der Waals surface area contributed by atoms with Crippen LogP contribution in [0.15, 0.2) is 47.6 Å². The van der Waals surface area contributed by atoms with Crippen molar-refractivity contribution in [2.75, 3.05) is 0 Å². The van der Waals surface area contributed by atoms with Crippen LogP contribution in [0.5, 0.6) is 5.75 Å². The van der Waals surface area contributed by atoms with Crippen molar-refractivity contribution in [2.24, 2.45) is 4.99 Å². The molecule has 0 aliphatic carbocycles. The smallest absolute Gasteiger partial charge is 0.242 e. The van der Waals surface area contributed by atoms with Crippen LogP contribution in [0.2, 0.25) is 0 Å². The maximum absolute atomic E-state index is 12.0. The summed E-state index contributed by atoms with van der Waals surface area (Å²) < 4.78 is 6.57. The Morgan fingerprint density at radius 2 is 2.10 bits per heavy atom. The Hall–Kier alpha value is -2.87. The van der Waals surface area contributed by atoms with Gasteiger partial charge in [-0.05, 0) is 38.1 Å². The van der Waals surface area contributed by atoms with Crippen LogP contribution in [-0.4, -0.2) is 11.4 Å². The molecule has 1 aliphatic rings. The van der Waals surface area contributed by atoms with Crippen molar-refractivity contribution in [1.29, 1.82) is 5.26 Å². The highest BCUT2D eigenvalue weighted by molar-refractivity contribution is 6.13. The second-order valence-corrected chi connectivity index (χ2v) is 5.24. The summed E-state index contributed by atoms with van der Waals surface area (Å²) in [5.74, 6) is 0.618. The summed E-state index contributed by atoms with van der Waals surface area (Å²) in [5, 5.41) is 21.1. The molecule has 0 radical (unpaired) electrons. The van der Waals surface area contributed by atoms with Gasteiger partial charge in [-0.2, -0.15) is 9.99 Å². The molecular formula is C16H13N3O2. The van der Waals surface area contributed by atoms with Crippen molar-refractivity contribution in [2.45, 2.75) is 19.6 Å². The fourth-order valence-electron chi connectivity index (χ4n) is 2.30. The zero-order valence-corrected chi connectivity index (χ0v) is 11.7. The van der Waals surface area contributed by atoms with E-state index in [4.69, 9.17) is 10.00 Å². The van der Waals surface area contributed by atoms with E-state index in [0.29, 0.717) is 28.3 Å². The Bertz CT molecular complexity index is 788. The van der Waals surface area contributed by atoms with E-state index in [2.05, 4.69) is 11.1 Å². The third-order valence-electron chi connectivity index (χ3n) is 3.17. The van der Waals surface area contributed by atoms with Crippen molar-refractivity contribution in [3.63, 3.8) is 0 Å². The summed E-state index contributed by atoms with van der Waals surface area (Å²) in [6.07, 6.45) is 1.42. The lowest BCUT2D eigenvalue weighted by atomic mass is 10.0. The van der Waals surface area contributed by atoms with Gasteiger partial charge in [-0.1, -0.05) is 0 Å². The fraction of sp³-hybridized carbons (Fsp3) is 0.188. The molecule has 2 aromatic rings. The van der Waals surface area contributed by atoms with E-state index in [1.165, 1.54) is 6.20 Å². The Kier molecular flexibility index (Phi) is 2.88. The van der Waals surface area contributed by atoms with Crippen LogP contribution in [0.3, 0.4) is 0 Å². The molecule has 0 saturated carbocycles. The number of hydrogen-bond acceptors (Lipinski definition) is 4. The van der Waals surface area contributed by atoms with E-state index < -0.39 is 5.72 Å². The molecule has 0 saturated heterocycles. The van der Waals surface area contributed by atoms with Crippen LogP contribution in [-0.2, 0) is 0 Å². The number of rotatable bonds is 1. The predicted molar refractivity (Wildman–Crippen MR) is 76.9 cm³/mol. The second kappa shape index (κ2) is 4.60. The van der Waals surface area contributed by atoms with Gasteiger partial charge < -0.3 is 9.94 Å². The summed E-state index contributed by atoms with van der Waals surface area (Å²) in [4.78, 5) is 4.53. The average Bonchev–Trinajstić information content (AvgIpc) is 2.46. The lowest BCUT2D eigenvalue weighted by molar-refractivity contribution is -0.606. The number of hydrogen-bond donors (Lipinski definition) is 0. The lowest BCUT2D eigenvalue weighted by Gasteiger charge is -2.29. The number of ether oxygens (including phenoxy) is 1. The van der Waals surface area contributed by atoms with Gasteiger partial charge in [0.25, 0.3) is 0 Å². The van der Waals surface area contributed by atoms with E-state index in [9.17, 15) is 5.21 Å². The zero-order valence-electron chi connectivity index (χ0n) is 11.7. The minimum Gasteiger partial charge on any atom is -0.618 e. The summed E-state index contributed by atoms with van der Waals surface area (Å²) in [5.41, 5.74) is 1.36. The number of aromatic nitrogens is 1. The Morgan fingerprint density at radius 3 is 2.81 bits per heavy atom. The van der Waals surface area contributed by atoms with Gasteiger partial charge in [0.1, 0.15) is 11.5 Å². The first-order valence-electron chi connectivity index (χ1n) is 6.52. The third kappa shape index (κ3) is 2.32. The van der Waals surface area contributed by atoms with E-state index in [0.717, 1.165) is 4.73 Å². The van der Waals surface area contributed by atoms with Gasteiger partial charge >= 0.3 is 0 Å². The van der Waals surface area contributed by atoms with Crippen LogP contribution in [0.25, 0.3) is 0 Å². The molecule has 0 spiro atoms. The number of fused-ring (bicyclic) bond motifs is 1. The quantitative estimate of drug-likeness (QED) is 0.593. The topological polar surface area (TPSA) is 72.3 Å².